The highest BCUT2D eigenvalue weighted by atomic mass is 35.5. The number of nitrogens with zero attached hydrogens (tertiary/aromatic N) is 1. The predicted molar refractivity (Wildman–Crippen MR) is 82.3 cm³/mol. The molecule has 0 bridgehead atoms. The molecule has 21 heavy (non-hydrogen) atoms. The molecule has 0 fully saturated rings. The highest BCUT2D eigenvalue weighted by Crippen LogP contribution is 2.32. The maximum atomic E-state index is 11.9. The summed E-state index contributed by atoms with van der Waals surface area (Å²) in [4.78, 5) is 26.7. The van der Waals surface area contributed by atoms with Crippen LogP contribution in [0, 0.1) is 0 Å². The number of hydrogen-bond acceptors (Lipinski definition) is 5. The van der Waals surface area contributed by atoms with Crippen LogP contribution in [0.5, 0.6) is 0 Å². The topological polar surface area (TPSA) is 105 Å². The Kier molecular flexibility index (Phi) is 4.66. The second kappa shape index (κ2) is 6.30. The number of aromatic carboxylic acids is 1. The van der Waals surface area contributed by atoms with Crippen molar-refractivity contribution < 1.29 is 14.7 Å². The maximum absolute atomic E-state index is 11.9. The first-order valence-electron chi connectivity index (χ1n) is 5.59. The van der Waals surface area contributed by atoms with E-state index >= 15 is 0 Å². The number of halogens is 2. The minimum atomic E-state index is -1.16. The van der Waals surface area contributed by atoms with E-state index in [1.165, 1.54) is 23.5 Å². The van der Waals surface area contributed by atoms with Crippen molar-refractivity contribution >= 4 is 57.2 Å². The van der Waals surface area contributed by atoms with Crippen LogP contribution in [0.25, 0.3) is 0 Å². The molecule has 0 unspecified atom stereocenters. The molecular weight excluding hydrogens is 337 g/mol. The van der Waals surface area contributed by atoms with Gasteiger partial charge >= 0.3 is 5.97 Å². The number of hydrogen-bond donors (Lipinski definition) is 3. The number of rotatable bonds is 4. The molecule has 2 rings (SSSR count). The summed E-state index contributed by atoms with van der Waals surface area (Å²) in [6.45, 7) is 0. The van der Waals surface area contributed by atoms with Gasteiger partial charge in [0.2, 0.25) is 5.91 Å². The number of thiazole rings is 1. The summed E-state index contributed by atoms with van der Waals surface area (Å²) in [5.74, 6) is -1.54. The number of nitrogens with two attached hydrogens (primary N) is 1. The van der Waals surface area contributed by atoms with E-state index in [0.717, 1.165) is 0 Å². The number of nitrogen functional groups attached to an aromatic ring is 1. The van der Waals surface area contributed by atoms with Crippen LogP contribution in [0.15, 0.2) is 17.5 Å². The van der Waals surface area contributed by atoms with Crippen molar-refractivity contribution in [2.45, 2.75) is 6.42 Å². The summed E-state index contributed by atoms with van der Waals surface area (Å²) in [7, 11) is 0. The predicted octanol–water partition coefficient (Wildman–Crippen LogP) is 2.91. The van der Waals surface area contributed by atoms with Gasteiger partial charge in [0.25, 0.3) is 0 Å². The maximum Gasteiger partial charge on any atom is 0.335 e. The lowest BCUT2D eigenvalue weighted by atomic mass is 10.2. The van der Waals surface area contributed by atoms with Crippen molar-refractivity contribution in [3.8, 4) is 0 Å². The van der Waals surface area contributed by atoms with Gasteiger partial charge in [-0.1, -0.05) is 23.2 Å². The Hall–Kier alpha value is -1.83. The summed E-state index contributed by atoms with van der Waals surface area (Å²) in [6.07, 6.45) is 0.0149. The first-order chi connectivity index (χ1) is 9.86. The third kappa shape index (κ3) is 3.84. The van der Waals surface area contributed by atoms with Crippen LogP contribution in [0.1, 0.15) is 16.1 Å². The van der Waals surface area contributed by atoms with Gasteiger partial charge in [-0.3, -0.25) is 4.79 Å². The Balaban J connectivity index is 2.15. The summed E-state index contributed by atoms with van der Waals surface area (Å²) >= 11 is 13.1. The Morgan fingerprint density at radius 1 is 1.33 bits per heavy atom. The van der Waals surface area contributed by atoms with Crippen LogP contribution in [-0.4, -0.2) is 22.0 Å². The molecule has 110 valence electrons. The zero-order valence-corrected chi connectivity index (χ0v) is 12.7. The number of carbonyl (C=O) groups excluding carboxylic acids is 1. The molecule has 1 heterocycles. The zero-order chi connectivity index (χ0) is 15.6. The van der Waals surface area contributed by atoms with Crippen LogP contribution in [-0.2, 0) is 11.2 Å². The molecule has 1 aromatic carbocycles. The van der Waals surface area contributed by atoms with Crippen LogP contribution < -0.4 is 11.1 Å². The molecule has 0 aliphatic heterocycles. The fourth-order valence-electron chi connectivity index (χ4n) is 1.57. The monoisotopic (exact) mass is 345 g/mol. The molecule has 0 aliphatic rings. The highest BCUT2D eigenvalue weighted by Gasteiger charge is 2.15. The van der Waals surface area contributed by atoms with Gasteiger partial charge in [0.05, 0.1) is 33.4 Å². The van der Waals surface area contributed by atoms with Crippen molar-refractivity contribution in [1.82, 2.24) is 4.98 Å². The molecule has 0 radical (unpaired) electrons. The largest absolute Gasteiger partial charge is 0.478 e. The quantitative estimate of drug-likeness (QED) is 0.789. The minimum absolute atomic E-state index is 0.0149. The van der Waals surface area contributed by atoms with Crippen molar-refractivity contribution in [2.24, 2.45) is 0 Å². The number of anilines is 2. The number of carboxylic acid groups (broad SMARTS) is 1. The molecule has 6 nitrogen and oxygen atoms in total. The molecule has 4 N–H and O–H groups in total. The van der Waals surface area contributed by atoms with E-state index in [1.54, 1.807) is 5.38 Å². The Bertz CT molecular complexity index is 695. The normalized spacial score (nSPS) is 10.4. The molecule has 1 aromatic heterocycles. The molecule has 9 heteroatoms. The Morgan fingerprint density at radius 3 is 2.43 bits per heavy atom. The van der Waals surface area contributed by atoms with Gasteiger partial charge in [-0.2, -0.15) is 0 Å². The molecule has 0 atom stereocenters. The molecule has 0 aliphatic carbocycles. The third-order valence-electron chi connectivity index (χ3n) is 2.46. The zero-order valence-electron chi connectivity index (χ0n) is 10.4. The fraction of sp³-hybridized carbons (Fsp3) is 0.0833. The second-order valence-electron chi connectivity index (χ2n) is 4.02. The smallest absolute Gasteiger partial charge is 0.335 e. The minimum Gasteiger partial charge on any atom is -0.478 e. The summed E-state index contributed by atoms with van der Waals surface area (Å²) in [5, 5.41) is 13.6. The van der Waals surface area contributed by atoms with Gasteiger partial charge < -0.3 is 16.2 Å². The molecule has 2 aromatic rings. The van der Waals surface area contributed by atoms with E-state index in [9.17, 15) is 9.59 Å². The number of nitrogens with one attached hydrogen (secondary N) is 1. The van der Waals surface area contributed by atoms with Gasteiger partial charge in [0.1, 0.15) is 0 Å². The van der Waals surface area contributed by atoms with E-state index in [2.05, 4.69) is 10.3 Å². The van der Waals surface area contributed by atoms with E-state index in [4.69, 9.17) is 34.0 Å². The van der Waals surface area contributed by atoms with Crippen molar-refractivity contribution in [1.29, 1.82) is 0 Å². The van der Waals surface area contributed by atoms with E-state index in [-0.39, 0.29) is 33.6 Å². The lowest BCUT2D eigenvalue weighted by molar-refractivity contribution is -0.115. The average Bonchev–Trinajstić information content (AvgIpc) is 2.78. The Labute approximate surface area is 133 Å². The average molecular weight is 346 g/mol. The number of aromatic nitrogens is 1. The molecule has 1 amide bonds. The summed E-state index contributed by atoms with van der Waals surface area (Å²) in [5.41, 5.74) is 6.11. The number of carbonyl (C=O) groups is 2. The third-order valence-corrected chi connectivity index (χ3v) is 3.78. The number of carboxylic acids is 1. The van der Waals surface area contributed by atoms with Crippen molar-refractivity contribution in [3.05, 3.63) is 38.8 Å². The fourth-order valence-corrected chi connectivity index (χ4v) is 2.71. The number of amides is 1. The molecular formula is C12H9Cl2N3O3S. The molecule has 0 saturated heterocycles. The van der Waals surface area contributed by atoms with E-state index in [1.807, 2.05) is 0 Å². The number of benzene rings is 1. The lowest BCUT2D eigenvalue weighted by Gasteiger charge is -2.09. The summed E-state index contributed by atoms with van der Waals surface area (Å²) in [6, 6.07) is 2.43. The standard InChI is InChI=1S/C12H9Cl2N3O3S/c13-7-1-5(11(19)20)2-8(14)10(7)17-9(18)3-6-4-21-12(15)16-6/h1-2,4H,3H2,(H2,15,16)(H,17,18)(H,19,20). The first-order valence-corrected chi connectivity index (χ1v) is 7.22. The SMILES string of the molecule is Nc1nc(CC(=O)Nc2c(Cl)cc(C(=O)O)cc2Cl)cs1. The second-order valence-corrected chi connectivity index (χ2v) is 5.73. The van der Waals surface area contributed by atoms with E-state index < -0.39 is 5.97 Å². The Morgan fingerprint density at radius 2 is 1.95 bits per heavy atom. The van der Waals surface area contributed by atoms with Gasteiger partial charge in [0, 0.05) is 5.38 Å². The first kappa shape index (κ1) is 15.6. The van der Waals surface area contributed by atoms with E-state index in [0.29, 0.717) is 10.8 Å². The van der Waals surface area contributed by atoms with Gasteiger partial charge in [-0.25, -0.2) is 9.78 Å². The molecule has 0 saturated carbocycles. The molecule has 0 spiro atoms. The van der Waals surface area contributed by atoms with Crippen LogP contribution >= 0.6 is 34.5 Å². The summed E-state index contributed by atoms with van der Waals surface area (Å²) < 4.78 is 0. The van der Waals surface area contributed by atoms with Gasteiger partial charge in [0.15, 0.2) is 5.13 Å². The van der Waals surface area contributed by atoms with Gasteiger partial charge in [-0.05, 0) is 12.1 Å². The highest BCUT2D eigenvalue weighted by molar-refractivity contribution is 7.13. The van der Waals surface area contributed by atoms with Crippen LogP contribution in [0.4, 0.5) is 10.8 Å². The van der Waals surface area contributed by atoms with Crippen molar-refractivity contribution in [3.63, 3.8) is 0 Å². The van der Waals surface area contributed by atoms with Crippen LogP contribution in [0.3, 0.4) is 0 Å². The lowest BCUT2D eigenvalue weighted by Crippen LogP contribution is -2.15. The van der Waals surface area contributed by atoms with Gasteiger partial charge in [-0.15, -0.1) is 11.3 Å². The van der Waals surface area contributed by atoms with Crippen LogP contribution in [0.2, 0.25) is 10.0 Å². The van der Waals surface area contributed by atoms with Crippen molar-refractivity contribution in [2.75, 3.05) is 11.1 Å².